The summed E-state index contributed by atoms with van der Waals surface area (Å²) < 4.78 is 28.3. The van der Waals surface area contributed by atoms with Crippen molar-refractivity contribution >= 4 is 10.3 Å². The van der Waals surface area contributed by atoms with Gasteiger partial charge in [-0.05, 0) is 6.42 Å². The molecule has 0 aliphatic rings. The molecule has 0 saturated carbocycles. The minimum Gasteiger partial charge on any atom is -0.396 e. The lowest BCUT2D eigenvalue weighted by Crippen LogP contribution is -2.43. The Hall–Kier alpha value is -0.980. The molecule has 0 radical (unpaired) electrons. The number of pyridine rings is 1. The molecular weight excluding hydrogens is 206 g/mol. The van der Waals surface area contributed by atoms with Crippen molar-refractivity contribution in [3.8, 4) is 0 Å². The summed E-state index contributed by atoms with van der Waals surface area (Å²) in [5, 5.41) is 8.45. The largest absolute Gasteiger partial charge is 0.513 e. The number of aliphatic hydroxyl groups is 1. The van der Waals surface area contributed by atoms with E-state index in [0.29, 0.717) is 6.42 Å². The number of hydrogen-bond donors (Lipinski definition) is 1. The van der Waals surface area contributed by atoms with Crippen molar-refractivity contribution in [2.45, 2.75) is 6.42 Å². The normalized spacial score (nSPS) is 11.5. The van der Waals surface area contributed by atoms with Gasteiger partial charge in [0.2, 0.25) is 0 Å². The molecule has 1 heterocycles. The highest BCUT2D eigenvalue weighted by atomic mass is 32.2. The van der Waals surface area contributed by atoms with Crippen LogP contribution in [0.1, 0.15) is 6.42 Å². The molecule has 5 nitrogen and oxygen atoms in total. The van der Waals surface area contributed by atoms with E-state index in [2.05, 4.69) is 4.18 Å². The fourth-order valence-electron chi connectivity index (χ4n) is 0.822. The molecule has 0 amide bonds. The highest BCUT2D eigenvalue weighted by Crippen LogP contribution is 1.90. The van der Waals surface area contributed by atoms with E-state index in [1.165, 1.54) is 12.4 Å². The summed E-state index contributed by atoms with van der Waals surface area (Å²) in [5.41, 5.74) is 0. The molecule has 1 N–H and O–H groups in total. The van der Waals surface area contributed by atoms with Crippen LogP contribution in [-0.2, 0) is 14.5 Å². The maximum atomic E-state index is 11.4. The molecule has 0 bridgehead atoms. The molecule has 0 unspecified atom stereocenters. The van der Waals surface area contributed by atoms with E-state index in [1.807, 2.05) is 0 Å². The lowest BCUT2D eigenvalue weighted by Gasteiger charge is -1.98. The van der Waals surface area contributed by atoms with E-state index in [9.17, 15) is 8.42 Å². The molecule has 0 aliphatic heterocycles. The molecule has 1 rings (SSSR count). The van der Waals surface area contributed by atoms with Gasteiger partial charge in [-0.1, -0.05) is 10.0 Å². The maximum absolute atomic E-state index is 11.4. The van der Waals surface area contributed by atoms with Crippen molar-refractivity contribution in [2.24, 2.45) is 0 Å². The summed E-state index contributed by atoms with van der Waals surface area (Å²) in [5.74, 6) is 0. The van der Waals surface area contributed by atoms with Crippen LogP contribution < -0.4 is 3.97 Å². The Labute approximate surface area is 82.8 Å². The van der Waals surface area contributed by atoms with Crippen molar-refractivity contribution in [1.29, 1.82) is 0 Å². The molecular formula is C8H12NO4S+. The fraction of sp³-hybridized carbons (Fsp3) is 0.375. The van der Waals surface area contributed by atoms with E-state index < -0.39 is 10.3 Å². The summed E-state index contributed by atoms with van der Waals surface area (Å²) in [6.45, 7) is -0.101. The molecule has 0 aliphatic carbocycles. The maximum Gasteiger partial charge on any atom is 0.513 e. The molecule has 0 fully saturated rings. The molecule has 78 valence electrons. The second kappa shape index (κ2) is 5.04. The average molecular weight is 218 g/mol. The van der Waals surface area contributed by atoms with Gasteiger partial charge in [-0.25, -0.2) is 4.18 Å². The Morgan fingerprint density at radius 1 is 1.21 bits per heavy atom. The van der Waals surface area contributed by atoms with Crippen molar-refractivity contribution in [3.05, 3.63) is 30.6 Å². The van der Waals surface area contributed by atoms with Gasteiger partial charge < -0.3 is 5.11 Å². The smallest absolute Gasteiger partial charge is 0.396 e. The monoisotopic (exact) mass is 218 g/mol. The van der Waals surface area contributed by atoms with Crippen LogP contribution in [0.2, 0.25) is 0 Å². The lowest BCUT2D eigenvalue weighted by molar-refractivity contribution is -0.520. The first-order chi connectivity index (χ1) is 6.67. The van der Waals surface area contributed by atoms with Gasteiger partial charge in [0.05, 0.1) is 6.61 Å². The van der Waals surface area contributed by atoms with Crippen LogP contribution in [0.3, 0.4) is 0 Å². The summed E-state index contributed by atoms with van der Waals surface area (Å²) >= 11 is 0. The van der Waals surface area contributed by atoms with E-state index in [-0.39, 0.29) is 13.2 Å². The number of rotatable bonds is 5. The van der Waals surface area contributed by atoms with E-state index in [0.717, 1.165) is 3.97 Å². The number of hydrogen-bond acceptors (Lipinski definition) is 4. The third kappa shape index (κ3) is 3.06. The molecule has 14 heavy (non-hydrogen) atoms. The van der Waals surface area contributed by atoms with Crippen LogP contribution in [0.25, 0.3) is 0 Å². The lowest BCUT2D eigenvalue weighted by atomic mass is 10.5. The van der Waals surface area contributed by atoms with Crippen molar-refractivity contribution in [3.63, 3.8) is 0 Å². The van der Waals surface area contributed by atoms with E-state index in [4.69, 9.17) is 5.11 Å². The Morgan fingerprint density at radius 2 is 1.86 bits per heavy atom. The first-order valence-electron chi connectivity index (χ1n) is 4.14. The minimum atomic E-state index is -3.73. The van der Waals surface area contributed by atoms with Gasteiger partial charge >= 0.3 is 10.3 Å². The number of aromatic nitrogens is 1. The standard InChI is InChI=1S/C8H12NO4S/c10-7-4-8-13-14(11,12)9-5-2-1-3-6-9/h1-3,5-6,10H,4,7-8H2/q+1. The molecule has 0 atom stereocenters. The van der Waals surface area contributed by atoms with Crippen LogP contribution >= 0.6 is 0 Å². The topological polar surface area (TPSA) is 67.5 Å². The average Bonchev–Trinajstić information content (AvgIpc) is 2.19. The summed E-state index contributed by atoms with van der Waals surface area (Å²) in [6, 6.07) is 4.89. The molecule has 6 heteroatoms. The molecule has 0 spiro atoms. The van der Waals surface area contributed by atoms with Crippen molar-refractivity contribution < 1.29 is 21.7 Å². The zero-order chi connectivity index (χ0) is 10.4. The number of aliphatic hydroxyl groups excluding tert-OH is 1. The molecule has 0 aromatic carbocycles. The summed E-state index contributed by atoms with van der Waals surface area (Å²) in [7, 11) is -3.73. The molecule has 1 aromatic heterocycles. The Balaban J connectivity index is 2.67. The molecule has 0 saturated heterocycles. The Kier molecular flexibility index (Phi) is 3.99. The summed E-state index contributed by atoms with van der Waals surface area (Å²) in [4.78, 5) is 0. The third-order valence-corrected chi connectivity index (χ3v) is 2.71. The quantitative estimate of drug-likeness (QED) is 0.532. The summed E-state index contributed by atoms with van der Waals surface area (Å²) in [6.07, 6.45) is 3.06. The van der Waals surface area contributed by atoms with Gasteiger partial charge in [-0.2, -0.15) is 0 Å². The predicted molar refractivity (Wildman–Crippen MR) is 48.6 cm³/mol. The first kappa shape index (κ1) is 11.1. The van der Waals surface area contributed by atoms with Crippen LogP contribution in [0.4, 0.5) is 0 Å². The van der Waals surface area contributed by atoms with Gasteiger partial charge in [-0.15, -0.1) is 8.42 Å². The predicted octanol–water partition coefficient (Wildman–Crippen LogP) is -0.534. The molecule has 1 aromatic rings. The van der Waals surface area contributed by atoms with Crippen LogP contribution in [0.5, 0.6) is 0 Å². The van der Waals surface area contributed by atoms with Crippen LogP contribution in [-0.4, -0.2) is 26.7 Å². The van der Waals surface area contributed by atoms with Crippen LogP contribution in [0.15, 0.2) is 30.6 Å². The second-order valence-corrected chi connectivity index (χ2v) is 4.08. The van der Waals surface area contributed by atoms with Gasteiger partial charge in [-0.3, -0.25) is 0 Å². The Bertz CT molecular complexity index is 362. The Morgan fingerprint density at radius 3 is 2.43 bits per heavy atom. The zero-order valence-electron chi connectivity index (χ0n) is 7.54. The third-order valence-electron chi connectivity index (χ3n) is 1.48. The van der Waals surface area contributed by atoms with Gasteiger partial charge in [0, 0.05) is 18.7 Å². The van der Waals surface area contributed by atoms with Crippen molar-refractivity contribution in [1.82, 2.24) is 0 Å². The highest BCUT2D eigenvalue weighted by Gasteiger charge is 2.21. The van der Waals surface area contributed by atoms with E-state index >= 15 is 0 Å². The minimum absolute atomic E-state index is 0.0132. The van der Waals surface area contributed by atoms with Gasteiger partial charge in [0.15, 0.2) is 12.4 Å². The first-order valence-corrected chi connectivity index (χ1v) is 5.50. The number of nitrogens with zero attached hydrogens (tertiary/aromatic N) is 1. The van der Waals surface area contributed by atoms with E-state index in [1.54, 1.807) is 18.2 Å². The highest BCUT2D eigenvalue weighted by molar-refractivity contribution is 7.80. The fourth-order valence-corrected chi connectivity index (χ4v) is 1.71. The zero-order valence-corrected chi connectivity index (χ0v) is 8.35. The van der Waals surface area contributed by atoms with Gasteiger partial charge in [0.25, 0.3) is 0 Å². The SMILES string of the molecule is O=S(=O)(OCCCO)[n+]1ccccc1. The second-order valence-electron chi connectivity index (χ2n) is 2.56. The van der Waals surface area contributed by atoms with Crippen molar-refractivity contribution in [2.75, 3.05) is 13.2 Å². The van der Waals surface area contributed by atoms with Gasteiger partial charge in [0.1, 0.15) is 0 Å². The van der Waals surface area contributed by atoms with Crippen LogP contribution in [0, 0.1) is 0 Å².